The summed E-state index contributed by atoms with van der Waals surface area (Å²) in [6.07, 6.45) is 1.45. The van der Waals surface area contributed by atoms with Crippen LogP contribution < -0.4 is 5.32 Å². The molecule has 0 radical (unpaired) electrons. The molecule has 0 bridgehead atoms. The SMILES string of the molecule is Cc1nn(-c2ccccc2)c(C)c1CC(=O)N(C)C1CCNC1. The number of aryl methyl sites for hydroxylation is 1. The lowest BCUT2D eigenvalue weighted by molar-refractivity contribution is -0.130. The van der Waals surface area contributed by atoms with Crippen LogP contribution in [0.15, 0.2) is 30.3 Å². The predicted octanol–water partition coefficient (Wildman–Crippen LogP) is 1.85. The summed E-state index contributed by atoms with van der Waals surface area (Å²) < 4.78 is 1.93. The van der Waals surface area contributed by atoms with Crippen molar-refractivity contribution in [2.75, 3.05) is 20.1 Å². The summed E-state index contributed by atoms with van der Waals surface area (Å²) in [6.45, 7) is 5.90. The molecule has 1 aliphatic heterocycles. The molecule has 1 fully saturated rings. The van der Waals surface area contributed by atoms with Crippen LogP contribution in [0.2, 0.25) is 0 Å². The fourth-order valence-corrected chi connectivity index (χ4v) is 3.20. The summed E-state index contributed by atoms with van der Waals surface area (Å²) in [7, 11) is 1.91. The molecular weight excluding hydrogens is 288 g/mol. The average Bonchev–Trinajstić information content (AvgIpc) is 3.19. The Labute approximate surface area is 137 Å². The zero-order valence-corrected chi connectivity index (χ0v) is 14.0. The molecule has 3 rings (SSSR count). The van der Waals surface area contributed by atoms with Gasteiger partial charge in [0.05, 0.1) is 17.8 Å². The van der Waals surface area contributed by atoms with Crippen molar-refractivity contribution < 1.29 is 4.79 Å². The Morgan fingerprint density at radius 1 is 1.35 bits per heavy atom. The zero-order valence-electron chi connectivity index (χ0n) is 14.0. The molecule has 1 aromatic carbocycles. The van der Waals surface area contributed by atoms with Gasteiger partial charge in [-0.25, -0.2) is 4.68 Å². The largest absolute Gasteiger partial charge is 0.341 e. The quantitative estimate of drug-likeness (QED) is 0.937. The fraction of sp³-hybridized carbons (Fsp3) is 0.444. The van der Waals surface area contributed by atoms with E-state index in [1.165, 1.54) is 0 Å². The Hall–Kier alpha value is -2.14. The second-order valence-corrected chi connectivity index (χ2v) is 6.22. The summed E-state index contributed by atoms with van der Waals surface area (Å²) in [4.78, 5) is 14.5. The highest BCUT2D eigenvalue weighted by Gasteiger charge is 2.25. The molecule has 1 aliphatic rings. The van der Waals surface area contributed by atoms with Crippen molar-refractivity contribution >= 4 is 5.91 Å². The Morgan fingerprint density at radius 3 is 2.74 bits per heavy atom. The van der Waals surface area contributed by atoms with Gasteiger partial charge in [0.1, 0.15) is 0 Å². The highest BCUT2D eigenvalue weighted by Crippen LogP contribution is 2.19. The predicted molar refractivity (Wildman–Crippen MR) is 90.8 cm³/mol. The molecule has 1 N–H and O–H groups in total. The summed E-state index contributed by atoms with van der Waals surface area (Å²) >= 11 is 0. The van der Waals surface area contributed by atoms with Gasteiger partial charge in [0, 0.05) is 30.9 Å². The summed E-state index contributed by atoms with van der Waals surface area (Å²) in [5.41, 5.74) is 4.04. The Bertz CT molecular complexity index is 687. The van der Waals surface area contributed by atoms with E-state index in [1.54, 1.807) is 0 Å². The Balaban J connectivity index is 1.80. The summed E-state index contributed by atoms with van der Waals surface area (Å²) in [6, 6.07) is 10.4. The molecule has 2 aromatic rings. The van der Waals surface area contributed by atoms with Crippen molar-refractivity contribution in [1.82, 2.24) is 20.0 Å². The molecule has 1 saturated heterocycles. The van der Waals surface area contributed by atoms with E-state index >= 15 is 0 Å². The van der Waals surface area contributed by atoms with Gasteiger partial charge in [0.25, 0.3) is 0 Å². The van der Waals surface area contributed by atoms with Crippen LogP contribution >= 0.6 is 0 Å². The Morgan fingerprint density at radius 2 is 2.09 bits per heavy atom. The molecule has 1 atom stereocenters. The second kappa shape index (κ2) is 6.54. The van der Waals surface area contributed by atoms with Gasteiger partial charge in [-0.05, 0) is 38.9 Å². The van der Waals surface area contributed by atoms with Crippen LogP contribution in [0.5, 0.6) is 0 Å². The lowest BCUT2D eigenvalue weighted by atomic mass is 10.1. The van der Waals surface area contributed by atoms with Crippen LogP contribution in [-0.4, -0.2) is 46.8 Å². The number of benzene rings is 1. The van der Waals surface area contributed by atoms with Gasteiger partial charge in [0.15, 0.2) is 0 Å². The van der Waals surface area contributed by atoms with Gasteiger partial charge in [-0.3, -0.25) is 4.79 Å². The number of rotatable bonds is 4. The molecule has 122 valence electrons. The summed E-state index contributed by atoms with van der Waals surface area (Å²) in [5.74, 6) is 0.164. The zero-order chi connectivity index (χ0) is 16.4. The number of para-hydroxylation sites is 1. The summed E-state index contributed by atoms with van der Waals surface area (Å²) in [5, 5.41) is 7.93. The molecule has 23 heavy (non-hydrogen) atoms. The maximum atomic E-state index is 12.6. The molecule has 1 amide bonds. The minimum absolute atomic E-state index is 0.164. The number of carbonyl (C=O) groups is 1. The lowest BCUT2D eigenvalue weighted by Gasteiger charge is -2.23. The van der Waals surface area contributed by atoms with Crippen molar-refractivity contribution in [2.24, 2.45) is 0 Å². The number of nitrogens with one attached hydrogen (secondary N) is 1. The normalized spacial score (nSPS) is 17.4. The van der Waals surface area contributed by atoms with E-state index in [1.807, 2.05) is 60.8 Å². The van der Waals surface area contributed by atoms with Crippen molar-refractivity contribution in [2.45, 2.75) is 32.7 Å². The minimum atomic E-state index is 0.164. The van der Waals surface area contributed by atoms with E-state index in [9.17, 15) is 4.79 Å². The molecular formula is C18H24N4O. The lowest BCUT2D eigenvalue weighted by Crippen LogP contribution is -2.39. The first-order valence-corrected chi connectivity index (χ1v) is 8.15. The number of hydrogen-bond donors (Lipinski definition) is 1. The van der Waals surface area contributed by atoms with E-state index in [-0.39, 0.29) is 5.91 Å². The van der Waals surface area contributed by atoms with Crippen LogP contribution in [0.3, 0.4) is 0 Å². The Kier molecular flexibility index (Phi) is 4.48. The van der Waals surface area contributed by atoms with Gasteiger partial charge < -0.3 is 10.2 Å². The fourth-order valence-electron chi connectivity index (χ4n) is 3.20. The first kappa shape index (κ1) is 15.7. The monoisotopic (exact) mass is 312 g/mol. The molecule has 2 heterocycles. The molecule has 0 saturated carbocycles. The number of carbonyl (C=O) groups excluding carboxylic acids is 1. The van der Waals surface area contributed by atoms with Gasteiger partial charge in [-0.15, -0.1) is 0 Å². The topological polar surface area (TPSA) is 50.2 Å². The van der Waals surface area contributed by atoms with Crippen LogP contribution in [0.25, 0.3) is 5.69 Å². The standard InChI is InChI=1S/C18H24N4O/c1-13-17(11-18(23)21(3)16-9-10-19-12-16)14(2)22(20-13)15-7-5-4-6-8-15/h4-8,16,19H,9-12H2,1-3H3. The van der Waals surface area contributed by atoms with E-state index in [2.05, 4.69) is 10.4 Å². The maximum absolute atomic E-state index is 12.6. The third-order valence-electron chi connectivity index (χ3n) is 4.75. The molecule has 0 aliphatic carbocycles. The number of nitrogens with zero attached hydrogens (tertiary/aromatic N) is 3. The molecule has 5 nitrogen and oxygen atoms in total. The van der Waals surface area contributed by atoms with Crippen molar-refractivity contribution in [3.8, 4) is 5.69 Å². The molecule has 5 heteroatoms. The van der Waals surface area contributed by atoms with E-state index in [0.717, 1.165) is 42.1 Å². The smallest absolute Gasteiger partial charge is 0.227 e. The van der Waals surface area contributed by atoms with E-state index in [0.29, 0.717) is 12.5 Å². The molecule has 1 aromatic heterocycles. The first-order chi connectivity index (χ1) is 11.1. The van der Waals surface area contributed by atoms with Crippen molar-refractivity contribution in [3.63, 3.8) is 0 Å². The van der Waals surface area contributed by atoms with Crippen molar-refractivity contribution in [3.05, 3.63) is 47.3 Å². The van der Waals surface area contributed by atoms with Gasteiger partial charge in [0.2, 0.25) is 5.91 Å². The molecule has 1 unspecified atom stereocenters. The van der Waals surface area contributed by atoms with Crippen molar-refractivity contribution in [1.29, 1.82) is 0 Å². The van der Waals surface area contributed by atoms with Crippen LogP contribution in [-0.2, 0) is 11.2 Å². The van der Waals surface area contributed by atoms with E-state index in [4.69, 9.17) is 0 Å². The second-order valence-electron chi connectivity index (χ2n) is 6.22. The number of likely N-dealkylation sites (N-methyl/N-ethyl adjacent to an activating group) is 1. The number of hydrogen-bond acceptors (Lipinski definition) is 3. The van der Waals surface area contributed by atoms with Crippen LogP contribution in [0.4, 0.5) is 0 Å². The van der Waals surface area contributed by atoms with Gasteiger partial charge in [-0.1, -0.05) is 18.2 Å². The number of aromatic nitrogens is 2. The van der Waals surface area contributed by atoms with Crippen LogP contribution in [0.1, 0.15) is 23.4 Å². The third-order valence-corrected chi connectivity index (χ3v) is 4.75. The highest BCUT2D eigenvalue weighted by molar-refractivity contribution is 5.79. The maximum Gasteiger partial charge on any atom is 0.227 e. The number of amides is 1. The van der Waals surface area contributed by atoms with E-state index < -0.39 is 0 Å². The third kappa shape index (κ3) is 3.15. The van der Waals surface area contributed by atoms with Gasteiger partial charge in [-0.2, -0.15) is 5.10 Å². The molecule has 0 spiro atoms. The van der Waals surface area contributed by atoms with Gasteiger partial charge >= 0.3 is 0 Å². The minimum Gasteiger partial charge on any atom is -0.341 e. The first-order valence-electron chi connectivity index (χ1n) is 8.15. The highest BCUT2D eigenvalue weighted by atomic mass is 16.2. The average molecular weight is 312 g/mol. The van der Waals surface area contributed by atoms with Crippen LogP contribution in [0, 0.1) is 13.8 Å².